The van der Waals surface area contributed by atoms with Gasteiger partial charge in [0.2, 0.25) is 0 Å². The molecule has 1 aliphatic carbocycles. The number of H-pyrrole nitrogens is 1. The van der Waals surface area contributed by atoms with Gasteiger partial charge in [0.15, 0.2) is 0 Å². The number of hydrogen-bond donors (Lipinski definition) is 1. The highest BCUT2D eigenvalue weighted by Crippen LogP contribution is 2.31. The van der Waals surface area contributed by atoms with E-state index in [1.54, 1.807) is 0 Å². The zero-order chi connectivity index (χ0) is 20.5. The van der Waals surface area contributed by atoms with Crippen LogP contribution in [0.15, 0.2) is 42.5 Å². The molecule has 2 aromatic carbocycles. The topological polar surface area (TPSA) is 48.6 Å². The van der Waals surface area contributed by atoms with Gasteiger partial charge in [0.1, 0.15) is 0 Å². The number of carbonyl (C=O) groups is 1. The Morgan fingerprint density at radius 3 is 2.73 bits per heavy atom. The molecule has 156 valence electrons. The van der Waals surface area contributed by atoms with Gasteiger partial charge in [0.25, 0.3) is 5.91 Å². The third-order valence-electron chi connectivity index (χ3n) is 6.46. The number of aryl methyl sites for hydroxylation is 2. The standard InChI is InChI=1S/C25H29N3O2/c1-27(17-18-7-2-5-12-23(18)28-13-15-30-16-14-28)25(29)21-10-6-9-20-19-8-3-4-11-22(19)26-24(20)21/h2,5-7,9-10,12,26H,3-4,8,11,13-17H2,1H3. The fourth-order valence-electron chi connectivity index (χ4n) is 4.90. The largest absolute Gasteiger partial charge is 0.378 e. The van der Waals surface area contributed by atoms with Crippen LogP contribution in [0.25, 0.3) is 10.9 Å². The Hall–Kier alpha value is -2.79. The van der Waals surface area contributed by atoms with E-state index in [0.29, 0.717) is 6.54 Å². The molecule has 0 atom stereocenters. The number of anilines is 1. The molecule has 1 fully saturated rings. The average molecular weight is 404 g/mol. The molecule has 2 aliphatic rings. The number of hydrogen-bond acceptors (Lipinski definition) is 3. The first kappa shape index (κ1) is 19.2. The van der Waals surface area contributed by atoms with Crippen molar-refractivity contribution < 1.29 is 9.53 Å². The number of morpholine rings is 1. The van der Waals surface area contributed by atoms with Crippen molar-refractivity contribution >= 4 is 22.5 Å². The maximum absolute atomic E-state index is 13.4. The molecule has 3 aromatic rings. The van der Waals surface area contributed by atoms with Crippen LogP contribution in [-0.2, 0) is 24.1 Å². The van der Waals surface area contributed by atoms with E-state index in [-0.39, 0.29) is 5.91 Å². The molecule has 0 bridgehead atoms. The number of rotatable bonds is 4. The van der Waals surface area contributed by atoms with Crippen LogP contribution in [0.2, 0.25) is 0 Å². The van der Waals surface area contributed by atoms with Gasteiger partial charge >= 0.3 is 0 Å². The van der Waals surface area contributed by atoms with Gasteiger partial charge in [-0.2, -0.15) is 0 Å². The number of nitrogens with zero attached hydrogens (tertiary/aromatic N) is 2. The summed E-state index contributed by atoms with van der Waals surface area (Å²) in [7, 11) is 1.90. The number of aromatic nitrogens is 1. The van der Waals surface area contributed by atoms with Gasteiger partial charge in [-0.1, -0.05) is 30.3 Å². The van der Waals surface area contributed by atoms with Gasteiger partial charge in [0, 0.05) is 43.4 Å². The first-order valence-corrected chi connectivity index (χ1v) is 11.0. The van der Waals surface area contributed by atoms with Gasteiger partial charge in [-0.3, -0.25) is 4.79 Å². The molecule has 1 saturated heterocycles. The summed E-state index contributed by atoms with van der Waals surface area (Å²) in [6.07, 6.45) is 4.65. The van der Waals surface area contributed by atoms with Crippen molar-refractivity contribution in [3.63, 3.8) is 0 Å². The van der Waals surface area contributed by atoms with Crippen LogP contribution in [0.5, 0.6) is 0 Å². The second kappa shape index (κ2) is 8.15. The summed E-state index contributed by atoms with van der Waals surface area (Å²) in [4.78, 5) is 21.2. The summed E-state index contributed by atoms with van der Waals surface area (Å²) in [5, 5.41) is 1.22. The smallest absolute Gasteiger partial charge is 0.256 e. The summed E-state index contributed by atoms with van der Waals surface area (Å²) >= 11 is 0. The molecule has 5 nitrogen and oxygen atoms in total. The van der Waals surface area contributed by atoms with E-state index in [1.165, 1.54) is 40.7 Å². The number of benzene rings is 2. The maximum Gasteiger partial charge on any atom is 0.256 e. The molecule has 0 unspecified atom stereocenters. The minimum absolute atomic E-state index is 0.0657. The Morgan fingerprint density at radius 1 is 1.07 bits per heavy atom. The van der Waals surface area contributed by atoms with Crippen LogP contribution >= 0.6 is 0 Å². The monoisotopic (exact) mass is 403 g/mol. The normalized spacial score (nSPS) is 16.5. The molecule has 0 radical (unpaired) electrons. The van der Waals surface area contributed by atoms with Gasteiger partial charge in [-0.25, -0.2) is 0 Å². The summed E-state index contributed by atoms with van der Waals surface area (Å²) in [6, 6.07) is 14.5. The van der Waals surface area contributed by atoms with Crippen molar-refractivity contribution in [2.45, 2.75) is 32.2 Å². The van der Waals surface area contributed by atoms with Crippen LogP contribution in [0.4, 0.5) is 5.69 Å². The quantitative estimate of drug-likeness (QED) is 0.712. The lowest BCUT2D eigenvalue weighted by molar-refractivity contribution is 0.0786. The SMILES string of the molecule is CN(Cc1ccccc1N1CCOCC1)C(=O)c1cccc2c3c([nH]c12)CCCC3. The lowest BCUT2D eigenvalue weighted by Crippen LogP contribution is -2.37. The summed E-state index contributed by atoms with van der Waals surface area (Å²) in [6.45, 7) is 3.87. The zero-order valence-corrected chi connectivity index (χ0v) is 17.6. The fraction of sp³-hybridized carbons (Fsp3) is 0.400. The minimum Gasteiger partial charge on any atom is -0.378 e. The molecule has 1 amide bonds. The highest BCUT2D eigenvalue weighted by Gasteiger charge is 2.22. The molecule has 5 heteroatoms. The molecule has 0 spiro atoms. The fourth-order valence-corrected chi connectivity index (χ4v) is 4.90. The molecule has 0 saturated carbocycles. The molecule has 5 rings (SSSR count). The van der Waals surface area contributed by atoms with Crippen LogP contribution in [-0.4, -0.2) is 49.1 Å². The lowest BCUT2D eigenvalue weighted by atomic mass is 9.95. The molecular formula is C25H29N3O2. The first-order valence-electron chi connectivity index (χ1n) is 11.0. The lowest BCUT2D eigenvalue weighted by Gasteiger charge is -2.31. The van der Waals surface area contributed by atoms with E-state index in [0.717, 1.165) is 50.2 Å². The highest BCUT2D eigenvalue weighted by molar-refractivity contribution is 6.06. The summed E-state index contributed by atoms with van der Waals surface area (Å²) < 4.78 is 5.50. The Kier molecular flexibility index (Phi) is 5.21. The number of amides is 1. The van der Waals surface area contributed by atoms with E-state index in [9.17, 15) is 4.79 Å². The summed E-state index contributed by atoms with van der Waals surface area (Å²) in [5.74, 6) is 0.0657. The zero-order valence-electron chi connectivity index (χ0n) is 17.6. The predicted octanol–water partition coefficient (Wildman–Crippen LogP) is 4.16. The first-order chi connectivity index (χ1) is 14.7. The molecular weight excluding hydrogens is 374 g/mol. The Labute approximate surface area is 177 Å². The molecule has 1 aliphatic heterocycles. The van der Waals surface area contributed by atoms with Crippen LogP contribution < -0.4 is 4.90 Å². The van der Waals surface area contributed by atoms with Crippen molar-refractivity contribution in [2.24, 2.45) is 0 Å². The van der Waals surface area contributed by atoms with Crippen LogP contribution in [0.3, 0.4) is 0 Å². The van der Waals surface area contributed by atoms with E-state index < -0.39 is 0 Å². The van der Waals surface area contributed by atoms with Gasteiger partial charge in [0.05, 0.1) is 24.3 Å². The minimum atomic E-state index is 0.0657. The molecule has 1 N–H and O–H groups in total. The highest BCUT2D eigenvalue weighted by atomic mass is 16.5. The molecule has 30 heavy (non-hydrogen) atoms. The average Bonchev–Trinajstić information content (AvgIpc) is 3.18. The third-order valence-corrected chi connectivity index (χ3v) is 6.46. The number of aromatic amines is 1. The van der Waals surface area contributed by atoms with Crippen molar-refractivity contribution in [3.8, 4) is 0 Å². The van der Waals surface area contributed by atoms with Crippen LogP contribution in [0, 0.1) is 0 Å². The molecule has 1 aromatic heterocycles. The number of para-hydroxylation sites is 2. The van der Waals surface area contributed by atoms with E-state index in [1.807, 2.05) is 24.1 Å². The van der Waals surface area contributed by atoms with Crippen molar-refractivity contribution in [2.75, 3.05) is 38.3 Å². The van der Waals surface area contributed by atoms with Crippen molar-refractivity contribution in [3.05, 3.63) is 64.8 Å². The third kappa shape index (κ3) is 3.47. The van der Waals surface area contributed by atoms with Gasteiger partial charge < -0.3 is 19.5 Å². The number of nitrogens with one attached hydrogen (secondary N) is 1. The van der Waals surface area contributed by atoms with E-state index in [2.05, 4.69) is 40.2 Å². The maximum atomic E-state index is 13.4. The number of ether oxygens (including phenoxy) is 1. The Morgan fingerprint density at radius 2 is 1.87 bits per heavy atom. The predicted molar refractivity (Wildman–Crippen MR) is 120 cm³/mol. The second-order valence-corrected chi connectivity index (χ2v) is 8.41. The summed E-state index contributed by atoms with van der Waals surface area (Å²) in [5.41, 5.74) is 6.88. The van der Waals surface area contributed by atoms with E-state index in [4.69, 9.17) is 4.74 Å². The van der Waals surface area contributed by atoms with Crippen LogP contribution in [0.1, 0.15) is 40.0 Å². The van der Waals surface area contributed by atoms with Gasteiger partial charge in [-0.15, -0.1) is 0 Å². The number of carbonyl (C=O) groups excluding carboxylic acids is 1. The Balaban J connectivity index is 1.42. The van der Waals surface area contributed by atoms with Gasteiger partial charge in [-0.05, 0) is 48.9 Å². The number of fused-ring (bicyclic) bond motifs is 3. The Bertz CT molecular complexity index is 1070. The van der Waals surface area contributed by atoms with Crippen molar-refractivity contribution in [1.82, 2.24) is 9.88 Å². The van der Waals surface area contributed by atoms with Crippen molar-refractivity contribution in [1.29, 1.82) is 0 Å². The van der Waals surface area contributed by atoms with E-state index >= 15 is 0 Å². The second-order valence-electron chi connectivity index (χ2n) is 8.41. The molecule has 2 heterocycles.